The third-order valence-corrected chi connectivity index (χ3v) is 3.03. The van der Waals surface area contributed by atoms with Gasteiger partial charge in [0.2, 0.25) is 5.28 Å². The standard InChI is InChI=1S/C12H11BrClN3/c13-10-8-16-12(14)17-11(10)15-7-6-9-4-2-1-3-5-9/h1-5,8H,6-7H2,(H,15,16,17). The fraction of sp³-hybridized carbons (Fsp3) is 0.167. The molecule has 88 valence electrons. The molecule has 0 amide bonds. The minimum atomic E-state index is 0.246. The molecule has 0 radical (unpaired) electrons. The van der Waals surface area contributed by atoms with E-state index in [9.17, 15) is 0 Å². The van der Waals surface area contributed by atoms with Crippen LogP contribution in [0.4, 0.5) is 5.82 Å². The summed E-state index contributed by atoms with van der Waals surface area (Å²) in [4.78, 5) is 7.97. The molecule has 2 aromatic rings. The zero-order valence-electron chi connectivity index (χ0n) is 9.03. The molecule has 0 aliphatic rings. The van der Waals surface area contributed by atoms with Crippen molar-refractivity contribution < 1.29 is 0 Å². The number of rotatable bonds is 4. The lowest BCUT2D eigenvalue weighted by atomic mass is 10.1. The summed E-state index contributed by atoms with van der Waals surface area (Å²) in [7, 11) is 0. The van der Waals surface area contributed by atoms with Gasteiger partial charge >= 0.3 is 0 Å². The molecular weight excluding hydrogens is 302 g/mol. The lowest BCUT2D eigenvalue weighted by Crippen LogP contribution is -2.07. The Hall–Kier alpha value is -1.13. The maximum absolute atomic E-state index is 5.73. The van der Waals surface area contributed by atoms with Gasteiger partial charge in [-0.25, -0.2) is 4.98 Å². The number of benzene rings is 1. The van der Waals surface area contributed by atoms with Crippen molar-refractivity contribution >= 4 is 33.3 Å². The van der Waals surface area contributed by atoms with Gasteiger partial charge in [-0.05, 0) is 39.5 Å². The van der Waals surface area contributed by atoms with E-state index < -0.39 is 0 Å². The third-order valence-electron chi connectivity index (χ3n) is 2.26. The molecular formula is C12H11BrClN3. The molecule has 0 saturated carbocycles. The molecule has 0 atom stereocenters. The molecule has 0 unspecified atom stereocenters. The van der Waals surface area contributed by atoms with Crippen LogP contribution in [0.3, 0.4) is 0 Å². The van der Waals surface area contributed by atoms with E-state index >= 15 is 0 Å². The van der Waals surface area contributed by atoms with Crippen molar-refractivity contribution in [3.05, 3.63) is 51.8 Å². The van der Waals surface area contributed by atoms with Gasteiger partial charge in [0, 0.05) is 12.7 Å². The Morgan fingerprint density at radius 2 is 2.00 bits per heavy atom. The molecule has 0 saturated heterocycles. The van der Waals surface area contributed by atoms with Crippen LogP contribution in [0, 0.1) is 0 Å². The fourth-order valence-electron chi connectivity index (χ4n) is 1.44. The van der Waals surface area contributed by atoms with Gasteiger partial charge in [0.05, 0.1) is 4.47 Å². The summed E-state index contributed by atoms with van der Waals surface area (Å²) in [6, 6.07) is 10.3. The van der Waals surface area contributed by atoms with Crippen molar-refractivity contribution in [1.82, 2.24) is 9.97 Å². The molecule has 1 heterocycles. The molecule has 17 heavy (non-hydrogen) atoms. The summed E-state index contributed by atoms with van der Waals surface area (Å²) in [5, 5.41) is 3.47. The first-order valence-corrected chi connectivity index (χ1v) is 6.38. The average Bonchev–Trinajstić information content (AvgIpc) is 2.35. The molecule has 5 heteroatoms. The Morgan fingerprint density at radius 3 is 2.76 bits per heavy atom. The predicted octanol–water partition coefficient (Wildman–Crippen LogP) is 3.55. The van der Waals surface area contributed by atoms with E-state index in [1.165, 1.54) is 5.56 Å². The molecule has 0 aliphatic carbocycles. The molecule has 3 nitrogen and oxygen atoms in total. The fourth-order valence-corrected chi connectivity index (χ4v) is 1.90. The van der Waals surface area contributed by atoms with E-state index in [-0.39, 0.29) is 5.28 Å². The van der Waals surface area contributed by atoms with Crippen LogP contribution >= 0.6 is 27.5 Å². The minimum Gasteiger partial charge on any atom is -0.369 e. The van der Waals surface area contributed by atoms with Gasteiger partial charge in [-0.1, -0.05) is 30.3 Å². The maximum atomic E-state index is 5.73. The van der Waals surface area contributed by atoms with Crippen LogP contribution in [0.15, 0.2) is 41.0 Å². The molecule has 0 bridgehead atoms. The summed E-state index contributed by atoms with van der Waals surface area (Å²) in [6.45, 7) is 0.802. The smallest absolute Gasteiger partial charge is 0.224 e. The first kappa shape index (κ1) is 12.3. The lowest BCUT2D eigenvalue weighted by molar-refractivity contribution is 0.996. The largest absolute Gasteiger partial charge is 0.369 e. The number of hydrogen-bond acceptors (Lipinski definition) is 3. The summed E-state index contributed by atoms with van der Waals surface area (Å²) < 4.78 is 0.815. The average molecular weight is 313 g/mol. The van der Waals surface area contributed by atoms with Gasteiger partial charge in [0.1, 0.15) is 5.82 Å². The molecule has 1 aromatic heterocycles. The van der Waals surface area contributed by atoms with Crippen molar-refractivity contribution in [3.8, 4) is 0 Å². The normalized spacial score (nSPS) is 10.2. The van der Waals surface area contributed by atoms with Gasteiger partial charge in [-0.15, -0.1) is 0 Å². The highest BCUT2D eigenvalue weighted by Crippen LogP contribution is 2.19. The van der Waals surface area contributed by atoms with Gasteiger partial charge in [-0.2, -0.15) is 4.98 Å². The predicted molar refractivity (Wildman–Crippen MR) is 73.4 cm³/mol. The van der Waals surface area contributed by atoms with Crippen molar-refractivity contribution in [2.45, 2.75) is 6.42 Å². The maximum Gasteiger partial charge on any atom is 0.224 e. The monoisotopic (exact) mass is 311 g/mol. The number of anilines is 1. The number of hydrogen-bond donors (Lipinski definition) is 1. The SMILES string of the molecule is Clc1ncc(Br)c(NCCc2ccccc2)n1. The molecule has 0 aliphatic heterocycles. The minimum absolute atomic E-state index is 0.246. The van der Waals surface area contributed by atoms with Crippen LogP contribution in [0.2, 0.25) is 5.28 Å². The van der Waals surface area contributed by atoms with Gasteiger partial charge < -0.3 is 5.32 Å². The van der Waals surface area contributed by atoms with E-state index in [1.807, 2.05) is 18.2 Å². The molecule has 0 spiro atoms. The van der Waals surface area contributed by atoms with Crippen molar-refractivity contribution in [1.29, 1.82) is 0 Å². The second-order valence-electron chi connectivity index (χ2n) is 3.50. The van der Waals surface area contributed by atoms with Crippen LogP contribution in [-0.4, -0.2) is 16.5 Å². The lowest BCUT2D eigenvalue weighted by Gasteiger charge is -2.07. The number of nitrogens with zero attached hydrogens (tertiary/aromatic N) is 2. The highest BCUT2D eigenvalue weighted by atomic mass is 79.9. The summed E-state index contributed by atoms with van der Waals surface area (Å²) in [5.74, 6) is 0.723. The molecule has 0 fully saturated rings. The first-order chi connectivity index (χ1) is 8.25. The summed E-state index contributed by atoms with van der Waals surface area (Å²) in [6.07, 6.45) is 2.58. The summed E-state index contributed by atoms with van der Waals surface area (Å²) >= 11 is 9.10. The van der Waals surface area contributed by atoms with E-state index in [1.54, 1.807) is 6.20 Å². The molecule has 1 N–H and O–H groups in total. The Bertz CT molecular complexity index is 490. The van der Waals surface area contributed by atoms with Gasteiger partial charge in [0.25, 0.3) is 0 Å². The summed E-state index contributed by atoms with van der Waals surface area (Å²) in [5.41, 5.74) is 1.29. The number of aromatic nitrogens is 2. The Morgan fingerprint density at radius 1 is 1.24 bits per heavy atom. The van der Waals surface area contributed by atoms with E-state index in [2.05, 4.69) is 43.3 Å². The Labute approximate surface area is 113 Å². The quantitative estimate of drug-likeness (QED) is 0.877. The van der Waals surface area contributed by atoms with E-state index in [0.717, 1.165) is 23.3 Å². The van der Waals surface area contributed by atoms with Crippen molar-refractivity contribution in [2.24, 2.45) is 0 Å². The topological polar surface area (TPSA) is 37.8 Å². The van der Waals surface area contributed by atoms with Crippen LogP contribution < -0.4 is 5.32 Å². The van der Waals surface area contributed by atoms with Crippen LogP contribution in [-0.2, 0) is 6.42 Å². The highest BCUT2D eigenvalue weighted by Gasteiger charge is 2.02. The highest BCUT2D eigenvalue weighted by molar-refractivity contribution is 9.10. The Balaban J connectivity index is 1.92. The van der Waals surface area contributed by atoms with Gasteiger partial charge in [0.15, 0.2) is 0 Å². The van der Waals surface area contributed by atoms with Gasteiger partial charge in [-0.3, -0.25) is 0 Å². The Kier molecular flexibility index (Phi) is 4.34. The zero-order valence-corrected chi connectivity index (χ0v) is 11.4. The molecule has 2 rings (SSSR count). The second kappa shape index (κ2) is 5.98. The third kappa shape index (κ3) is 3.68. The van der Waals surface area contributed by atoms with Crippen molar-refractivity contribution in [2.75, 3.05) is 11.9 Å². The van der Waals surface area contributed by atoms with Crippen LogP contribution in [0.1, 0.15) is 5.56 Å². The first-order valence-electron chi connectivity index (χ1n) is 5.21. The van der Waals surface area contributed by atoms with Crippen LogP contribution in [0.25, 0.3) is 0 Å². The van der Waals surface area contributed by atoms with E-state index in [0.29, 0.717) is 0 Å². The van der Waals surface area contributed by atoms with E-state index in [4.69, 9.17) is 11.6 Å². The number of nitrogens with one attached hydrogen (secondary N) is 1. The van der Waals surface area contributed by atoms with Crippen LogP contribution in [0.5, 0.6) is 0 Å². The zero-order chi connectivity index (χ0) is 12.1. The second-order valence-corrected chi connectivity index (χ2v) is 4.69. The van der Waals surface area contributed by atoms with Crippen molar-refractivity contribution in [3.63, 3.8) is 0 Å². The molecule has 1 aromatic carbocycles. The number of halogens is 2.